The quantitative estimate of drug-likeness (QED) is 0.851. The molecule has 2 N–H and O–H groups in total. The minimum atomic E-state index is 0.109. The highest BCUT2D eigenvalue weighted by atomic mass is 16.1. The summed E-state index contributed by atoms with van der Waals surface area (Å²) in [7, 11) is 0. The second-order valence-corrected chi connectivity index (χ2v) is 5.75. The Hall–Kier alpha value is -1.61. The van der Waals surface area contributed by atoms with Crippen LogP contribution >= 0.6 is 0 Å². The van der Waals surface area contributed by atoms with E-state index in [1.54, 1.807) is 0 Å². The Labute approximate surface area is 119 Å². The summed E-state index contributed by atoms with van der Waals surface area (Å²) in [6.45, 7) is 0.316. The summed E-state index contributed by atoms with van der Waals surface area (Å²) in [5.74, 6) is 0. The minimum absolute atomic E-state index is 0.109. The smallest absolute Gasteiger partial charge is 0.255 e. The summed E-state index contributed by atoms with van der Waals surface area (Å²) in [6, 6.07) is 10.4. The number of benzene rings is 1. The Morgan fingerprint density at radius 2 is 1.80 bits per heavy atom. The van der Waals surface area contributed by atoms with E-state index >= 15 is 0 Å². The maximum absolute atomic E-state index is 12.7. The maximum Gasteiger partial charge on any atom is 0.255 e. The number of fused-ring (bicyclic) bond motifs is 1. The van der Waals surface area contributed by atoms with Crippen LogP contribution in [0.3, 0.4) is 0 Å². The number of para-hydroxylation sites is 1. The lowest BCUT2D eigenvalue weighted by atomic mass is 10.1. The molecule has 2 aromatic rings. The minimum Gasteiger partial charge on any atom is -0.326 e. The number of hydrogen-bond acceptors (Lipinski definition) is 2. The zero-order chi connectivity index (χ0) is 13.9. The average molecular weight is 270 g/mol. The van der Waals surface area contributed by atoms with Crippen molar-refractivity contribution in [2.24, 2.45) is 5.73 Å². The molecule has 3 rings (SSSR count). The van der Waals surface area contributed by atoms with Gasteiger partial charge in [-0.25, -0.2) is 0 Å². The van der Waals surface area contributed by atoms with Gasteiger partial charge in [-0.3, -0.25) is 4.79 Å². The molecule has 0 unspecified atom stereocenters. The van der Waals surface area contributed by atoms with Crippen molar-refractivity contribution in [1.82, 2.24) is 4.57 Å². The van der Waals surface area contributed by atoms with Crippen LogP contribution in [0.25, 0.3) is 10.9 Å². The molecule has 0 saturated heterocycles. The Morgan fingerprint density at radius 3 is 2.50 bits per heavy atom. The summed E-state index contributed by atoms with van der Waals surface area (Å²) in [6.07, 6.45) is 7.24. The molecule has 3 heteroatoms. The molecule has 20 heavy (non-hydrogen) atoms. The van der Waals surface area contributed by atoms with Gasteiger partial charge in [0, 0.05) is 18.2 Å². The molecular weight excluding hydrogens is 248 g/mol. The molecular formula is C17H22N2O. The van der Waals surface area contributed by atoms with Crippen molar-refractivity contribution in [2.45, 2.75) is 51.1 Å². The Kier molecular flexibility index (Phi) is 3.88. The van der Waals surface area contributed by atoms with Crippen molar-refractivity contribution >= 4 is 10.9 Å². The van der Waals surface area contributed by atoms with Crippen LogP contribution in [0, 0.1) is 0 Å². The van der Waals surface area contributed by atoms with Crippen LogP contribution in [0.5, 0.6) is 0 Å². The molecule has 1 aliphatic rings. The van der Waals surface area contributed by atoms with Crippen molar-refractivity contribution in [1.29, 1.82) is 0 Å². The zero-order valence-corrected chi connectivity index (χ0v) is 11.8. The first kappa shape index (κ1) is 13.4. The van der Waals surface area contributed by atoms with Crippen molar-refractivity contribution in [3.8, 4) is 0 Å². The predicted octanol–water partition coefficient (Wildman–Crippen LogP) is 3.36. The SMILES string of the molecule is NCc1cc2ccccc2n(C2CCCCCC2)c1=O. The number of nitrogens with two attached hydrogens (primary N) is 1. The van der Waals surface area contributed by atoms with Crippen molar-refractivity contribution in [3.05, 3.63) is 46.2 Å². The second kappa shape index (κ2) is 5.80. The number of aromatic nitrogens is 1. The van der Waals surface area contributed by atoms with Crippen molar-refractivity contribution < 1.29 is 0 Å². The van der Waals surface area contributed by atoms with E-state index in [0.29, 0.717) is 12.6 Å². The molecule has 106 valence electrons. The van der Waals surface area contributed by atoms with Crippen LogP contribution in [0.2, 0.25) is 0 Å². The summed E-state index contributed by atoms with van der Waals surface area (Å²) < 4.78 is 2.02. The fourth-order valence-corrected chi connectivity index (χ4v) is 3.37. The van der Waals surface area contributed by atoms with Gasteiger partial charge in [0.15, 0.2) is 0 Å². The Balaban J connectivity index is 2.20. The van der Waals surface area contributed by atoms with E-state index in [2.05, 4.69) is 12.1 Å². The third kappa shape index (κ3) is 2.38. The summed E-state index contributed by atoms with van der Waals surface area (Å²) in [5, 5.41) is 1.12. The number of rotatable bonds is 2. The van der Waals surface area contributed by atoms with Crippen LogP contribution in [-0.4, -0.2) is 4.57 Å². The van der Waals surface area contributed by atoms with Crippen LogP contribution < -0.4 is 11.3 Å². The Morgan fingerprint density at radius 1 is 1.10 bits per heavy atom. The molecule has 0 bridgehead atoms. The molecule has 1 saturated carbocycles. The van der Waals surface area contributed by atoms with Gasteiger partial charge in [-0.15, -0.1) is 0 Å². The summed E-state index contributed by atoms with van der Waals surface area (Å²) in [4.78, 5) is 12.7. The molecule has 0 atom stereocenters. The lowest BCUT2D eigenvalue weighted by Gasteiger charge is -2.21. The van der Waals surface area contributed by atoms with E-state index in [0.717, 1.165) is 29.3 Å². The van der Waals surface area contributed by atoms with Gasteiger partial charge in [0.05, 0.1) is 5.52 Å². The fraction of sp³-hybridized carbons (Fsp3) is 0.471. The fourth-order valence-electron chi connectivity index (χ4n) is 3.37. The maximum atomic E-state index is 12.7. The van der Waals surface area contributed by atoms with Crippen molar-refractivity contribution in [2.75, 3.05) is 0 Å². The van der Waals surface area contributed by atoms with Crippen LogP contribution in [0.1, 0.15) is 50.1 Å². The van der Waals surface area contributed by atoms with E-state index in [-0.39, 0.29) is 5.56 Å². The van der Waals surface area contributed by atoms with E-state index in [1.807, 2.05) is 22.8 Å². The molecule has 3 nitrogen and oxygen atoms in total. The lowest BCUT2D eigenvalue weighted by molar-refractivity contribution is 0.443. The highest BCUT2D eigenvalue weighted by molar-refractivity contribution is 5.79. The molecule has 1 aromatic carbocycles. The van der Waals surface area contributed by atoms with E-state index in [4.69, 9.17) is 5.73 Å². The second-order valence-electron chi connectivity index (χ2n) is 5.75. The normalized spacial score (nSPS) is 17.2. The van der Waals surface area contributed by atoms with Gasteiger partial charge in [0.1, 0.15) is 0 Å². The first-order chi connectivity index (χ1) is 9.81. The topological polar surface area (TPSA) is 48.0 Å². The van der Waals surface area contributed by atoms with Gasteiger partial charge < -0.3 is 10.3 Å². The highest BCUT2D eigenvalue weighted by Gasteiger charge is 2.18. The third-order valence-electron chi connectivity index (χ3n) is 4.43. The molecule has 0 spiro atoms. The van der Waals surface area contributed by atoms with Gasteiger partial charge in [0.2, 0.25) is 0 Å². The Bertz CT molecular complexity index is 652. The molecule has 1 heterocycles. The standard InChI is InChI=1S/C17H22N2O/c18-12-14-11-13-7-5-6-10-16(13)19(17(14)20)15-8-3-1-2-4-9-15/h5-7,10-11,15H,1-4,8-9,12,18H2. The first-order valence-electron chi connectivity index (χ1n) is 7.64. The predicted molar refractivity (Wildman–Crippen MR) is 82.8 cm³/mol. The van der Waals surface area contributed by atoms with Crippen molar-refractivity contribution in [3.63, 3.8) is 0 Å². The average Bonchev–Trinajstić information content (AvgIpc) is 2.75. The lowest BCUT2D eigenvalue weighted by Crippen LogP contribution is -2.29. The molecule has 1 aromatic heterocycles. The van der Waals surface area contributed by atoms with Crippen LogP contribution in [-0.2, 0) is 6.54 Å². The molecule has 0 radical (unpaired) electrons. The number of nitrogens with zero attached hydrogens (tertiary/aromatic N) is 1. The summed E-state index contributed by atoms with van der Waals surface area (Å²) >= 11 is 0. The van der Waals surface area contributed by atoms with Gasteiger partial charge in [-0.05, 0) is 30.4 Å². The zero-order valence-electron chi connectivity index (χ0n) is 11.8. The highest BCUT2D eigenvalue weighted by Crippen LogP contribution is 2.28. The van der Waals surface area contributed by atoms with Crippen LogP contribution in [0.4, 0.5) is 0 Å². The first-order valence-corrected chi connectivity index (χ1v) is 7.64. The van der Waals surface area contributed by atoms with Gasteiger partial charge >= 0.3 is 0 Å². The van der Waals surface area contributed by atoms with Gasteiger partial charge in [0.25, 0.3) is 5.56 Å². The third-order valence-corrected chi connectivity index (χ3v) is 4.43. The van der Waals surface area contributed by atoms with E-state index in [1.165, 1.54) is 25.7 Å². The van der Waals surface area contributed by atoms with Gasteiger partial charge in [-0.1, -0.05) is 43.9 Å². The summed E-state index contributed by atoms with van der Waals surface area (Å²) in [5.41, 5.74) is 7.65. The van der Waals surface area contributed by atoms with Crippen LogP contribution in [0.15, 0.2) is 35.1 Å². The number of hydrogen-bond donors (Lipinski definition) is 1. The van der Waals surface area contributed by atoms with E-state index in [9.17, 15) is 4.79 Å². The molecule has 1 fully saturated rings. The van der Waals surface area contributed by atoms with Gasteiger partial charge in [-0.2, -0.15) is 0 Å². The molecule has 0 amide bonds. The monoisotopic (exact) mass is 270 g/mol. The largest absolute Gasteiger partial charge is 0.326 e. The molecule has 1 aliphatic carbocycles. The molecule has 0 aliphatic heterocycles. The number of pyridine rings is 1. The van der Waals surface area contributed by atoms with E-state index < -0.39 is 0 Å².